The molecule has 0 aromatic carbocycles. The Labute approximate surface area is 118 Å². The summed E-state index contributed by atoms with van der Waals surface area (Å²) >= 11 is 1.74. The van der Waals surface area contributed by atoms with Crippen LogP contribution in [0.3, 0.4) is 0 Å². The average molecular weight is 279 g/mol. The van der Waals surface area contributed by atoms with Gasteiger partial charge in [-0.1, -0.05) is 6.92 Å². The summed E-state index contributed by atoms with van der Waals surface area (Å²) in [6.45, 7) is 3.19. The van der Waals surface area contributed by atoms with Crippen molar-refractivity contribution in [2.24, 2.45) is 7.05 Å². The smallest absolute Gasteiger partial charge is 0.129 e. The predicted molar refractivity (Wildman–Crippen MR) is 78.8 cm³/mol. The van der Waals surface area contributed by atoms with Gasteiger partial charge >= 0.3 is 0 Å². The SMILES string of the molecule is CCCNC(Cc1ccn(C)n1)c1cc(OC)cs1. The Hall–Kier alpha value is -1.33. The van der Waals surface area contributed by atoms with Gasteiger partial charge in [-0.3, -0.25) is 4.68 Å². The second-order valence-electron chi connectivity index (χ2n) is 4.58. The van der Waals surface area contributed by atoms with E-state index in [1.54, 1.807) is 18.4 Å². The van der Waals surface area contributed by atoms with E-state index >= 15 is 0 Å². The largest absolute Gasteiger partial charge is 0.496 e. The maximum Gasteiger partial charge on any atom is 0.129 e. The number of nitrogens with zero attached hydrogens (tertiary/aromatic N) is 2. The van der Waals surface area contributed by atoms with Crippen LogP contribution in [-0.2, 0) is 13.5 Å². The summed E-state index contributed by atoms with van der Waals surface area (Å²) < 4.78 is 7.12. The molecule has 0 saturated carbocycles. The Balaban J connectivity index is 2.10. The number of methoxy groups -OCH3 is 1. The number of ether oxygens (including phenoxy) is 1. The van der Waals surface area contributed by atoms with Crippen LogP contribution in [0.5, 0.6) is 5.75 Å². The van der Waals surface area contributed by atoms with Crippen LogP contribution in [0.25, 0.3) is 0 Å². The zero-order valence-corrected chi connectivity index (χ0v) is 12.5. The fourth-order valence-electron chi connectivity index (χ4n) is 2.00. The van der Waals surface area contributed by atoms with E-state index in [2.05, 4.69) is 29.5 Å². The number of thiophene rings is 1. The van der Waals surface area contributed by atoms with Crippen molar-refractivity contribution in [1.29, 1.82) is 0 Å². The maximum atomic E-state index is 5.27. The number of nitrogens with one attached hydrogen (secondary N) is 1. The van der Waals surface area contributed by atoms with Crippen molar-refractivity contribution >= 4 is 11.3 Å². The molecule has 2 aromatic rings. The lowest BCUT2D eigenvalue weighted by Crippen LogP contribution is -2.23. The monoisotopic (exact) mass is 279 g/mol. The molecule has 0 aliphatic carbocycles. The van der Waals surface area contributed by atoms with Crippen LogP contribution in [0.1, 0.15) is 30.0 Å². The zero-order chi connectivity index (χ0) is 13.7. The van der Waals surface area contributed by atoms with E-state index in [-0.39, 0.29) is 0 Å². The van der Waals surface area contributed by atoms with E-state index in [9.17, 15) is 0 Å². The van der Waals surface area contributed by atoms with Crippen LogP contribution in [0.2, 0.25) is 0 Å². The highest BCUT2D eigenvalue weighted by molar-refractivity contribution is 7.10. The Morgan fingerprint density at radius 3 is 2.95 bits per heavy atom. The van der Waals surface area contributed by atoms with Gasteiger partial charge in [0.2, 0.25) is 0 Å². The first-order valence-corrected chi connectivity index (χ1v) is 7.45. The average Bonchev–Trinajstić information content (AvgIpc) is 3.03. The van der Waals surface area contributed by atoms with Gasteiger partial charge in [0.05, 0.1) is 12.8 Å². The maximum absolute atomic E-state index is 5.27. The van der Waals surface area contributed by atoms with E-state index in [0.29, 0.717) is 6.04 Å². The summed E-state index contributed by atoms with van der Waals surface area (Å²) in [5.74, 6) is 0.935. The molecule has 4 nitrogen and oxygen atoms in total. The first-order chi connectivity index (χ1) is 9.22. The summed E-state index contributed by atoms with van der Waals surface area (Å²) in [4.78, 5) is 1.30. The van der Waals surface area contributed by atoms with E-state index in [1.807, 2.05) is 23.3 Å². The predicted octanol–water partition coefficient (Wildman–Crippen LogP) is 2.77. The van der Waals surface area contributed by atoms with Gasteiger partial charge in [0.15, 0.2) is 0 Å². The summed E-state index contributed by atoms with van der Waals surface area (Å²) in [7, 11) is 3.66. The van der Waals surface area contributed by atoms with Gasteiger partial charge in [-0.15, -0.1) is 11.3 Å². The van der Waals surface area contributed by atoms with Crippen LogP contribution in [0.15, 0.2) is 23.7 Å². The van der Waals surface area contributed by atoms with Crippen LogP contribution >= 0.6 is 11.3 Å². The molecule has 2 aromatic heterocycles. The van der Waals surface area contributed by atoms with Gasteiger partial charge in [0, 0.05) is 36.0 Å². The summed E-state index contributed by atoms with van der Waals surface area (Å²) in [6.07, 6.45) is 4.02. The molecule has 5 heteroatoms. The molecule has 0 bridgehead atoms. The molecule has 2 rings (SSSR count). The molecule has 0 aliphatic heterocycles. The topological polar surface area (TPSA) is 39.1 Å². The van der Waals surface area contributed by atoms with Crippen molar-refractivity contribution in [3.05, 3.63) is 34.3 Å². The summed E-state index contributed by atoms with van der Waals surface area (Å²) in [5, 5.41) is 10.1. The fraction of sp³-hybridized carbons (Fsp3) is 0.500. The van der Waals surface area contributed by atoms with Crippen LogP contribution < -0.4 is 10.1 Å². The third kappa shape index (κ3) is 3.81. The molecule has 1 unspecified atom stereocenters. The zero-order valence-electron chi connectivity index (χ0n) is 11.7. The minimum atomic E-state index is 0.309. The molecule has 2 heterocycles. The molecule has 1 N–H and O–H groups in total. The molecular formula is C14H21N3OS. The Morgan fingerprint density at radius 1 is 1.53 bits per heavy atom. The van der Waals surface area contributed by atoms with Crippen molar-refractivity contribution in [2.75, 3.05) is 13.7 Å². The lowest BCUT2D eigenvalue weighted by Gasteiger charge is -2.15. The van der Waals surface area contributed by atoms with Gasteiger partial charge in [-0.2, -0.15) is 5.10 Å². The minimum absolute atomic E-state index is 0.309. The van der Waals surface area contributed by atoms with Crippen LogP contribution in [0.4, 0.5) is 0 Å². The highest BCUT2D eigenvalue weighted by Crippen LogP contribution is 2.28. The van der Waals surface area contributed by atoms with Gasteiger partial charge in [0.25, 0.3) is 0 Å². The summed E-state index contributed by atoms with van der Waals surface area (Å²) in [5.41, 5.74) is 1.11. The highest BCUT2D eigenvalue weighted by atomic mass is 32.1. The van der Waals surface area contributed by atoms with Gasteiger partial charge in [0.1, 0.15) is 5.75 Å². The van der Waals surface area contributed by atoms with Crippen molar-refractivity contribution in [3.63, 3.8) is 0 Å². The molecule has 0 fully saturated rings. The summed E-state index contributed by atoms with van der Waals surface area (Å²) in [6, 6.07) is 4.50. The van der Waals surface area contributed by atoms with E-state index < -0.39 is 0 Å². The molecule has 104 valence electrons. The quantitative estimate of drug-likeness (QED) is 0.847. The standard InChI is InChI=1S/C14H21N3OS/c1-4-6-15-13(8-11-5-7-17(2)16-11)14-9-12(18-3)10-19-14/h5,7,9-10,13,15H,4,6,8H2,1-3H3. The second kappa shape index (κ2) is 6.73. The van der Waals surface area contributed by atoms with Crippen molar-refractivity contribution < 1.29 is 4.74 Å². The lowest BCUT2D eigenvalue weighted by atomic mass is 10.1. The van der Waals surface area contributed by atoms with Crippen molar-refractivity contribution in [2.45, 2.75) is 25.8 Å². The van der Waals surface area contributed by atoms with Gasteiger partial charge in [-0.25, -0.2) is 0 Å². The minimum Gasteiger partial charge on any atom is -0.496 e. The number of hydrogen-bond donors (Lipinski definition) is 1. The molecule has 1 atom stereocenters. The molecule has 19 heavy (non-hydrogen) atoms. The first-order valence-electron chi connectivity index (χ1n) is 6.57. The lowest BCUT2D eigenvalue weighted by molar-refractivity contribution is 0.415. The third-order valence-corrected chi connectivity index (χ3v) is 4.02. The van der Waals surface area contributed by atoms with Gasteiger partial charge in [-0.05, 0) is 25.1 Å². The van der Waals surface area contributed by atoms with Crippen LogP contribution in [0, 0.1) is 0 Å². The number of aromatic nitrogens is 2. The first kappa shape index (κ1) is 14.1. The Morgan fingerprint density at radius 2 is 2.37 bits per heavy atom. The Kier molecular flexibility index (Phi) is 4.99. The molecule has 0 spiro atoms. The highest BCUT2D eigenvalue weighted by Gasteiger charge is 2.15. The van der Waals surface area contributed by atoms with Crippen molar-refractivity contribution in [1.82, 2.24) is 15.1 Å². The van der Waals surface area contributed by atoms with Crippen molar-refractivity contribution in [3.8, 4) is 5.75 Å². The molecule has 0 saturated heterocycles. The van der Waals surface area contributed by atoms with E-state index in [1.165, 1.54) is 4.88 Å². The molecule has 0 radical (unpaired) electrons. The number of aryl methyl sites for hydroxylation is 1. The number of hydrogen-bond acceptors (Lipinski definition) is 4. The molecule has 0 aliphatic rings. The number of rotatable bonds is 7. The van der Waals surface area contributed by atoms with E-state index in [0.717, 1.165) is 30.8 Å². The normalized spacial score (nSPS) is 12.6. The molecule has 0 amide bonds. The molecular weight excluding hydrogens is 258 g/mol. The van der Waals surface area contributed by atoms with E-state index in [4.69, 9.17) is 4.74 Å². The third-order valence-electron chi connectivity index (χ3n) is 3.00. The fourth-order valence-corrected chi connectivity index (χ4v) is 2.93. The Bertz CT molecular complexity index is 506. The second-order valence-corrected chi connectivity index (χ2v) is 5.52. The van der Waals surface area contributed by atoms with Crippen LogP contribution in [-0.4, -0.2) is 23.4 Å². The van der Waals surface area contributed by atoms with Gasteiger partial charge < -0.3 is 10.1 Å².